The average Bonchev–Trinajstić information content (AvgIpc) is 2.95. The monoisotopic (exact) mass is 508 g/mol. The minimum absolute atomic E-state index is 0.328. The smallest absolute Gasteiger partial charge is 0.312 e. The van der Waals surface area contributed by atoms with Gasteiger partial charge in [-0.2, -0.15) is 0 Å². The summed E-state index contributed by atoms with van der Waals surface area (Å²) in [5, 5.41) is 24.2. The van der Waals surface area contributed by atoms with Crippen LogP contribution in [0.25, 0.3) is 0 Å². The molecule has 1 fully saturated rings. The highest BCUT2D eigenvalue weighted by molar-refractivity contribution is 5.77. The summed E-state index contributed by atoms with van der Waals surface area (Å²) in [6.07, 6.45) is 0.828. The summed E-state index contributed by atoms with van der Waals surface area (Å²) in [7, 11) is 0. The van der Waals surface area contributed by atoms with E-state index in [0.29, 0.717) is 12.8 Å². The van der Waals surface area contributed by atoms with Crippen molar-refractivity contribution in [2.24, 2.45) is 17.3 Å². The van der Waals surface area contributed by atoms with Crippen LogP contribution in [0.3, 0.4) is 0 Å². The summed E-state index contributed by atoms with van der Waals surface area (Å²) < 4.78 is 22.4. The van der Waals surface area contributed by atoms with E-state index in [4.69, 9.17) is 18.9 Å². The Kier molecular flexibility index (Phi) is 7.45. The molecule has 0 spiro atoms. The third kappa shape index (κ3) is 4.68. The first kappa shape index (κ1) is 27.9. The Morgan fingerprint density at radius 1 is 1.03 bits per heavy atom. The molecule has 10 nitrogen and oxygen atoms in total. The molecule has 1 unspecified atom stereocenters. The molecule has 0 amide bonds. The zero-order valence-electron chi connectivity index (χ0n) is 21.8. The van der Waals surface area contributed by atoms with Crippen molar-refractivity contribution in [1.29, 1.82) is 0 Å². The van der Waals surface area contributed by atoms with Crippen molar-refractivity contribution in [2.75, 3.05) is 0 Å². The van der Waals surface area contributed by atoms with Crippen LogP contribution in [0.5, 0.6) is 0 Å². The van der Waals surface area contributed by atoms with Crippen LogP contribution in [-0.2, 0) is 38.1 Å². The Morgan fingerprint density at radius 2 is 1.61 bits per heavy atom. The molecule has 9 atom stereocenters. The molecule has 2 N–H and O–H groups in total. The van der Waals surface area contributed by atoms with Gasteiger partial charge in [0.05, 0.1) is 5.92 Å². The molecule has 0 aromatic heterocycles. The molecule has 1 heterocycles. The van der Waals surface area contributed by atoms with Crippen LogP contribution in [0.2, 0.25) is 0 Å². The third-order valence-electron chi connectivity index (χ3n) is 7.84. The molecule has 1 saturated heterocycles. The first-order valence-corrected chi connectivity index (χ1v) is 12.1. The van der Waals surface area contributed by atoms with Gasteiger partial charge in [-0.25, -0.2) is 0 Å². The Bertz CT molecular complexity index is 997. The number of esters is 4. The lowest BCUT2D eigenvalue weighted by Gasteiger charge is -2.56. The van der Waals surface area contributed by atoms with E-state index in [0.717, 1.165) is 12.5 Å². The van der Waals surface area contributed by atoms with E-state index in [1.54, 1.807) is 26.0 Å². The van der Waals surface area contributed by atoms with E-state index in [-0.39, 0.29) is 0 Å². The number of ether oxygens (including phenoxy) is 4. The SMILES string of the molecule is CC(=O)OC1[C@H]2[C@](C)(O)[C@H](OC(C)=O)C=C[C@]2(C)[C@@H](OC(C)=O)CC/C(C)=C\[C@@H]2OC(=O)[C@H](C)[C@@]12O. The van der Waals surface area contributed by atoms with E-state index in [2.05, 4.69) is 0 Å². The average molecular weight is 509 g/mol. The van der Waals surface area contributed by atoms with Gasteiger partial charge in [-0.1, -0.05) is 18.6 Å². The van der Waals surface area contributed by atoms with Gasteiger partial charge in [-0.15, -0.1) is 0 Å². The number of hydrogen-bond donors (Lipinski definition) is 2. The molecule has 2 aliphatic carbocycles. The molecular formula is C26H36O10. The van der Waals surface area contributed by atoms with Crippen LogP contribution in [0, 0.1) is 17.3 Å². The summed E-state index contributed by atoms with van der Waals surface area (Å²) in [6, 6.07) is 0. The van der Waals surface area contributed by atoms with Gasteiger partial charge in [0.25, 0.3) is 0 Å². The van der Waals surface area contributed by atoms with Gasteiger partial charge < -0.3 is 29.2 Å². The molecule has 0 radical (unpaired) electrons. The second kappa shape index (κ2) is 9.63. The third-order valence-corrected chi connectivity index (χ3v) is 7.84. The van der Waals surface area contributed by atoms with E-state index in [1.165, 1.54) is 33.8 Å². The second-order valence-electron chi connectivity index (χ2n) is 10.6. The van der Waals surface area contributed by atoms with E-state index >= 15 is 0 Å². The quantitative estimate of drug-likeness (QED) is 0.328. The van der Waals surface area contributed by atoms with Crippen molar-refractivity contribution >= 4 is 23.9 Å². The molecule has 200 valence electrons. The van der Waals surface area contributed by atoms with Gasteiger partial charge in [-0.05, 0) is 45.8 Å². The highest BCUT2D eigenvalue weighted by Gasteiger charge is 2.69. The lowest BCUT2D eigenvalue weighted by molar-refractivity contribution is -0.242. The zero-order valence-corrected chi connectivity index (χ0v) is 21.8. The summed E-state index contributed by atoms with van der Waals surface area (Å²) in [5.74, 6) is -5.01. The lowest BCUT2D eigenvalue weighted by Crippen LogP contribution is -2.69. The predicted molar refractivity (Wildman–Crippen MR) is 125 cm³/mol. The van der Waals surface area contributed by atoms with E-state index < -0.39 is 76.7 Å². The van der Waals surface area contributed by atoms with Crippen LogP contribution in [0.4, 0.5) is 0 Å². The largest absolute Gasteiger partial charge is 0.462 e. The minimum Gasteiger partial charge on any atom is -0.462 e. The molecule has 0 aromatic carbocycles. The molecule has 3 rings (SSSR count). The number of rotatable bonds is 3. The van der Waals surface area contributed by atoms with Crippen molar-refractivity contribution in [2.45, 2.75) is 96.9 Å². The molecule has 0 aromatic rings. The first-order chi connectivity index (χ1) is 16.5. The standard InChI is InChI=1S/C26H36O10/c1-13-8-9-18(33-15(3)27)24(6)11-10-19(34-16(4)28)25(7,31)21(24)22(35-17(5)29)26(32)14(2)23(30)36-20(26)12-13/h10-12,14,18-22,31-32H,8-9H2,1-7H3/b13-12-/t14-,18-,19+,20-,21+,22?,24+,25+,26-/m0/s1. The Hall–Kier alpha value is -2.72. The van der Waals surface area contributed by atoms with E-state index in [1.807, 2.05) is 0 Å². The fraction of sp³-hybridized carbons (Fsp3) is 0.692. The van der Waals surface area contributed by atoms with Gasteiger partial charge >= 0.3 is 23.9 Å². The van der Waals surface area contributed by atoms with Gasteiger partial charge in [-0.3, -0.25) is 19.2 Å². The Labute approximate surface area is 210 Å². The van der Waals surface area contributed by atoms with Crippen molar-refractivity contribution in [1.82, 2.24) is 0 Å². The van der Waals surface area contributed by atoms with Crippen LogP contribution in [0.15, 0.2) is 23.8 Å². The predicted octanol–water partition coefficient (Wildman–Crippen LogP) is 1.76. The highest BCUT2D eigenvalue weighted by atomic mass is 16.6. The van der Waals surface area contributed by atoms with Crippen molar-refractivity contribution in [3.05, 3.63) is 23.8 Å². The molecule has 10 heteroatoms. The van der Waals surface area contributed by atoms with Crippen LogP contribution in [-0.4, -0.2) is 69.7 Å². The fourth-order valence-electron chi connectivity index (χ4n) is 6.02. The normalized spacial score (nSPS) is 43.7. The molecular weight excluding hydrogens is 472 g/mol. The molecule has 1 aliphatic heterocycles. The van der Waals surface area contributed by atoms with Gasteiger partial charge in [0, 0.05) is 32.1 Å². The lowest BCUT2D eigenvalue weighted by atomic mass is 9.54. The Morgan fingerprint density at radius 3 is 2.17 bits per heavy atom. The van der Waals surface area contributed by atoms with Gasteiger partial charge in [0.2, 0.25) is 0 Å². The maximum Gasteiger partial charge on any atom is 0.312 e. The van der Waals surface area contributed by atoms with Gasteiger partial charge in [0.15, 0.2) is 11.7 Å². The number of carbonyl (C=O) groups excluding carboxylic acids is 4. The summed E-state index contributed by atoms with van der Waals surface area (Å²) in [4.78, 5) is 49.2. The molecule has 0 saturated carbocycles. The van der Waals surface area contributed by atoms with Crippen molar-refractivity contribution in [3.63, 3.8) is 0 Å². The highest BCUT2D eigenvalue weighted by Crippen LogP contribution is 2.55. The van der Waals surface area contributed by atoms with Gasteiger partial charge in [0.1, 0.15) is 23.9 Å². The number of hydrogen-bond acceptors (Lipinski definition) is 10. The summed E-state index contributed by atoms with van der Waals surface area (Å²) >= 11 is 0. The Balaban J connectivity index is 2.36. The first-order valence-electron chi connectivity index (χ1n) is 12.1. The topological polar surface area (TPSA) is 146 Å². The van der Waals surface area contributed by atoms with Crippen molar-refractivity contribution in [3.8, 4) is 0 Å². The molecule has 36 heavy (non-hydrogen) atoms. The number of carbonyl (C=O) groups is 4. The van der Waals surface area contributed by atoms with Crippen LogP contribution < -0.4 is 0 Å². The summed E-state index contributed by atoms with van der Waals surface area (Å²) in [6.45, 7) is 10.0. The van der Waals surface area contributed by atoms with Crippen molar-refractivity contribution < 1.29 is 48.3 Å². The number of fused-ring (bicyclic) bond motifs is 2. The second-order valence-corrected chi connectivity index (χ2v) is 10.6. The number of allylic oxidation sites excluding steroid dienone is 1. The summed E-state index contributed by atoms with van der Waals surface area (Å²) in [5.41, 5.74) is -4.48. The fourth-order valence-corrected chi connectivity index (χ4v) is 6.02. The minimum atomic E-state index is -2.09. The maximum atomic E-state index is 12.7. The van der Waals surface area contributed by atoms with Crippen LogP contribution in [0.1, 0.15) is 61.3 Å². The maximum absolute atomic E-state index is 12.7. The molecule has 0 bridgehead atoms. The number of aliphatic hydroxyl groups is 2. The van der Waals surface area contributed by atoms with Crippen LogP contribution >= 0.6 is 0 Å². The van der Waals surface area contributed by atoms with E-state index in [9.17, 15) is 29.4 Å². The zero-order chi connectivity index (χ0) is 27.2. The molecule has 3 aliphatic rings.